The highest BCUT2D eigenvalue weighted by Crippen LogP contribution is 2.17. The standard InChI is InChI=1S/C70H122O6/c1-4-7-10-13-16-19-22-24-26-28-30-32-33-34-35-36-38-39-41-43-45-48-51-54-57-60-63-69(72)75-66-67(65-74-68(71)62-59-56-53-50-47-21-18-15-12-9-6-3)76-70(73)64-61-58-55-52-49-46-44-42-40-37-31-29-27-25-23-20-17-14-11-8-5-2/h8,11,15,17-18,20,25,27,31,37,42,44,49,52,67H,4-7,9-10,12-14,16,19,21-24,26,28-30,32-36,38-41,43,45-48,50-51,53-66H2,1-3H3/b11-8-,18-15-,20-17-,27-25-,37-31-,44-42-,52-49-. The predicted molar refractivity (Wildman–Crippen MR) is 330 cm³/mol. The van der Waals surface area contributed by atoms with E-state index >= 15 is 0 Å². The third kappa shape index (κ3) is 61.4. The lowest BCUT2D eigenvalue weighted by Gasteiger charge is -2.18. The first-order valence-electron chi connectivity index (χ1n) is 32.6. The number of rotatable bonds is 59. The molecule has 0 saturated carbocycles. The molecule has 0 heterocycles. The fourth-order valence-corrected chi connectivity index (χ4v) is 9.25. The van der Waals surface area contributed by atoms with Gasteiger partial charge in [0, 0.05) is 19.3 Å². The highest BCUT2D eigenvalue weighted by atomic mass is 16.6. The van der Waals surface area contributed by atoms with Gasteiger partial charge in [0.25, 0.3) is 0 Å². The Kier molecular flexibility index (Phi) is 61.2. The van der Waals surface area contributed by atoms with E-state index in [0.29, 0.717) is 19.3 Å². The van der Waals surface area contributed by atoms with Crippen LogP contribution in [0.5, 0.6) is 0 Å². The lowest BCUT2D eigenvalue weighted by molar-refractivity contribution is -0.167. The molecule has 1 atom stereocenters. The summed E-state index contributed by atoms with van der Waals surface area (Å²) in [5.41, 5.74) is 0. The van der Waals surface area contributed by atoms with Gasteiger partial charge >= 0.3 is 17.9 Å². The molecule has 0 saturated heterocycles. The molecule has 0 amide bonds. The normalized spacial score (nSPS) is 12.6. The van der Waals surface area contributed by atoms with Crippen LogP contribution in [0.25, 0.3) is 0 Å². The average molecular weight is 1060 g/mol. The molecule has 6 nitrogen and oxygen atoms in total. The third-order valence-corrected chi connectivity index (χ3v) is 14.1. The molecule has 0 aromatic heterocycles. The minimum atomic E-state index is -0.803. The first-order valence-corrected chi connectivity index (χ1v) is 32.6. The summed E-state index contributed by atoms with van der Waals surface area (Å²) in [6.45, 7) is 6.48. The van der Waals surface area contributed by atoms with Crippen molar-refractivity contribution in [3.05, 3.63) is 85.1 Å². The molecule has 0 aromatic rings. The van der Waals surface area contributed by atoms with Crippen molar-refractivity contribution in [2.75, 3.05) is 13.2 Å². The Morgan fingerprint density at radius 1 is 0.276 bits per heavy atom. The van der Waals surface area contributed by atoms with Crippen molar-refractivity contribution in [3.63, 3.8) is 0 Å². The fraction of sp³-hybridized carbons (Fsp3) is 0.757. The summed E-state index contributed by atoms with van der Waals surface area (Å²) in [6.07, 6.45) is 84.7. The number of carbonyl (C=O) groups is 3. The fourth-order valence-electron chi connectivity index (χ4n) is 9.25. The maximum absolute atomic E-state index is 12.9. The van der Waals surface area contributed by atoms with E-state index < -0.39 is 6.10 Å². The number of unbranched alkanes of at least 4 members (excludes halogenated alkanes) is 34. The summed E-state index contributed by atoms with van der Waals surface area (Å²) >= 11 is 0. The van der Waals surface area contributed by atoms with Crippen molar-refractivity contribution in [1.29, 1.82) is 0 Å². The molecule has 0 aliphatic rings. The lowest BCUT2D eigenvalue weighted by atomic mass is 10.0. The highest BCUT2D eigenvalue weighted by Gasteiger charge is 2.19. The summed E-state index contributed by atoms with van der Waals surface area (Å²) in [7, 11) is 0. The van der Waals surface area contributed by atoms with Gasteiger partial charge in [-0.2, -0.15) is 0 Å². The van der Waals surface area contributed by atoms with E-state index in [1.807, 2.05) is 0 Å². The highest BCUT2D eigenvalue weighted by molar-refractivity contribution is 5.71. The van der Waals surface area contributed by atoms with E-state index in [1.165, 1.54) is 173 Å². The molecule has 0 aromatic carbocycles. The van der Waals surface area contributed by atoms with Crippen molar-refractivity contribution in [2.24, 2.45) is 0 Å². The van der Waals surface area contributed by atoms with Crippen LogP contribution in [0.15, 0.2) is 85.1 Å². The summed E-state index contributed by atoms with van der Waals surface area (Å²) in [4.78, 5) is 38.2. The number of hydrogen-bond donors (Lipinski definition) is 0. The van der Waals surface area contributed by atoms with E-state index in [1.54, 1.807) is 0 Å². The molecular formula is C70H122O6. The minimum absolute atomic E-state index is 0.0945. The van der Waals surface area contributed by atoms with Crippen molar-refractivity contribution in [3.8, 4) is 0 Å². The average Bonchev–Trinajstić information content (AvgIpc) is 3.42. The minimum Gasteiger partial charge on any atom is -0.462 e. The van der Waals surface area contributed by atoms with Crippen LogP contribution in [0.2, 0.25) is 0 Å². The van der Waals surface area contributed by atoms with Crippen molar-refractivity contribution in [1.82, 2.24) is 0 Å². The van der Waals surface area contributed by atoms with Crippen LogP contribution in [0.4, 0.5) is 0 Å². The quantitative estimate of drug-likeness (QED) is 0.0261. The number of hydrogen-bond acceptors (Lipinski definition) is 6. The monoisotopic (exact) mass is 1060 g/mol. The Balaban J connectivity index is 4.29. The molecule has 1 unspecified atom stereocenters. The zero-order valence-corrected chi connectivity index (χ0v) is 50.3. The topological polar surface area (TPSA) is 78.9 Å². The lowest BCUT2D eigenvalue weighted by Crippen LogP contribution is -2.30. The summed E-state index contributed by atoms with van der Waals surface area (Å²) in [5, 5.41) is 0. The Morgan fingerprint density at radius 3 is 0.882 bits per heavy atom. The van der Waals surface area contributed by atoms with E-state index in [-0.39, 0.29) is 37.5 Å². The van der Waals surface area contributed by atoms with Crippen molar-refractivity contribution >= 4 is 17.9 Å². The van der Waals surface area contributed by atoms with Gasteiger partial charge in [0.2, 0.25) is 0 Å². The molecular weight excluding hydrogens is 937 g/mol. The predicted octanol–water partition coefficient (Wildman–Crippen LogP) is 22.3. The number of carbonyl (C=O) groups excluding carboxylic acids is 3. The van der Waals surface area contributed by atoms with Crippen LogP contribution < -0.4 is 0 Å². The number of allylic oxidation sites excluding steroid dienone is 14. The molecule has 0 aliphatic carbocycles. The first-order chi connectivity index (χ1) is 37.5. The molecule has 6 heteroatoms. The molecule has 0 aliphatic heterocycles. The van der Waals surface area contributed by atoms with Crippen LogP contribution in [-0.2, 0) is 28.6 Å². The second kappa shape index (κ2) is 64.1. The Hall–Kier alpha value is -3.41. The van der Waals surface area contributed by atoms with Gasteiger partial charge in [-0.3, -0.25) is 14.4 Å². The van der Waals surface area contributed by atoms with Crippen molar-refractivity contribution in [2.45, 2.75) is 329 Å². The summed E-state index contributed by atoms with van der Waals surface area (Å²) < 4.78 is 16.9. The maximum Gasteiger partial charge on any atom is 0.306 e. The zero-order valence-electron chi connectivity index (χ0n) is 50.3. The summed E-state index contributed by atoms with van der Waals surface area (Å²) in [6, 6.07) is 0. The number of ether oxygens (including phenoxy) is 3. The summed E-state index contributed by atoms with van der Waals surface area (Å²) in [5.74, 6) is -0.937. The second-order valence-electron chi connectivity index (χ2n) is 21.6. The molecule has 438 valence electrons. The van der Waals surface area contributed by atoms with E-state index in [9.17, 15) is 14.4 Å². The molecule has 0 rings (SSSR count). The van der Waals surface area contributed by atoms with Gasteiger partial charge in [0.1, 0.15) is 13.2 Å². The first kappa shape index (κ1) is 72.6. The van der Waals surface area contributed by atoms with Crippen molar-refractivity contribution < 1.29 is 28.6 Å². The Labute approximate surface area is 471 Å². The smallest absolute Gasteiger partial charge is 0.306 e. The zero-order chi connectivity index (χ0) is 55.0. The SMILES string of the molecule is CC/C=C\C/C=C\C/C=C\C/C=C\C/C=C\C/C=C\CCCCC(=O)OC(COC(=O)CCCCCCC/C=C\CCCC)COC(=O)CCCCCCCCCCCCCCCCCCCCCCCCCCCC. The van der Waals surface area contributed by atoms with Crippen LogP contribution in [-0.4, -0.2) is 37.2 Å². The van der Waals surface area contributed by atoms with Crippen LogP contribution in [0.3, 0.4) is 0 Å². The van der Waals surface area contributed by atoms with Gasteiger partial charge < -0.3 is 14.2 Å². The van der Waals surface area contributed by atoms with Gasteiger partial charge in [0.15, 0.2) is 6.10 Å². The van der Waals surface area contributed by atoms with E-state index in [2.05, 4.69) is 106 Å². The Bertz CT molecular complexity index is 1450. The molecule has 0 radical (unpaired) electrons. The Morgan fingerprint density at radius 2 is 0.526 bits per heavy atom. The molecule has 0 spiro atoms. The number of esters is 3. The molecule has 0 N–H and O–H groups in total. The second-order valence-corrected chi connectivity index (χ2v) is 21.6. The molecule has 0 fully saturated rings. The van der Waals surface area contributed by atoms with Crippen LogP contribution in [0.1, 0.15) is 323 Å². The molecule has 0 bridgehead atoms. The van der Waals surface area contributed by atoms with Gasteiger partial charge in [-0.15, -0.1) is 0 Å². The largest absolute Gasteiger partial charge is 0.462 e. The maximum atomic E-state index is 12.9. The van der Waals surface area contributed by atoms with Crippen LogP contribution >= 0.6 is 0 Å². The molecule has 76 heavy (non-hydrogen) atoms. The van der Waals surface area contributed by atoms with Gasteiger partial charge in [-0.05, 0) is 89.9 Å². The van der Waals surface area contributed by atoms with E-state index in [0.717, 1.165) is 103 Å². The van der Waals surface area contributed by atoms with Gasteiger partial charge in [0.05, 0.1) is 0 Å². The third-order valence-electron chi connectivity index (χ3n) is 14.1. The van der Waals surface area contributed by atoms with Gasteiger partial charge in [-0.25, -0.2) is 0 Å². The van der Waals surface area contributed by atoms with Crippen LogP contribution in [0, 0.1) is 0 Å². The van der Waals surface area contributed by atoms with E-state index in [4.69, 9.17) is 14.2 Å². The van der Waals surface area contributed by atoms with Gasteiger partial charge in [-0.1, -0.05) is 298 Å².